The maximum absolute atomic E-state index is 4.74. The molecule has 3 rings (SSSR count). The first kappa shape index (κ1) is 13.8. The molecule has 0 N–H and O–H groups in total. The minimum Gasteiger partial charge on any atom is -0.253 e. The molecule has 1 atom stereocenters. The molecule has 3 heteroatoms. The van der Waals surface area contributed by atoms with Crippen LogP contribution in [0.2, 0.25) is 0 Å². The van der Waals surface area contributed by atoms with Crippen LogP contribution in [0.25, 0.3) is 10.9 Å². The lowest BCUT2D eigenvalue weighted by atomic mass is 10.1. The number of thiophene rings is 1. The Hall–Kier alpha value is -1.19. The van der Waals surface area contributed by atoms with Crippen LogP contribution in [0.15, 0.2) is 42.5 Å². The number of benzene rings is 1. The molecule has 0 aliphatic rings. The number of aryl methyl sites for hydroxylation is 2. The summed E-state index contributed by atoms with van der Waals surface area (Å²) in [4.78, 5) is 7.87. The monoisotopic (exact) mass is 345 g/mol. The number of alkyl halides is 1. The minimum atomic E-state index is 0.341. The lowest BCUT2D eigenvalue weighted by Gasteiger charge is -2.08. The van der Waals surface area contributed by atoms with E-state index in [0.29, 0.717) is 4.83 Å². The normalized spacial score (nSPS) is 12.8. The molecule has 2 aromatic heterocycles. The van der Waals surface area contributed by atoms with Crippen LogP contribution in [0.5, 0.6) is 0 Å². The van der Waals surface area contributed by atoms with Gasteiger partial charge in [-0.15, -0.1) is 11.3 Å². The summed E-state index contributed by atoms with van der Waals surface area (Å²) in [5.74, 6) is 0. The Labute approximate surface area is 131 Å². The fourth-order valence-corrected chi connectivity index (χ4v) is 4.03. The maximum atomic E-state index is 4.74. The smallest absolute Gasteiger partial charge is 0.0705 e. The number of halogens is 1. The maximum Gasteiger partial charge on any atom is 0.0705 e. The topological polar surface area (TPSA) is 12.9 Å². The number of para-hydroxylation sites is 1. The van der Waals surface area contributed by atoms with Gasteiger partial charge in [0.25, 0.3) is 0 Å². The molecular weight excluding hydrogens is 330 g/mol. The summed E-state index contributed by atoms with van der Waals surface area (Å²) in [7, 11) is 0. The fourth-order valence-electron chi connectivity index (χ4n) is 2.26. The number of aromatic nitrogens is 1. The van der Waals surface area contributed by atoms with Gasteiger partial charge in [-0.1, -0.05) is 40.2 Å². The van der Waals surface area contributed by atoms with Crippen LogP contribution in [0.1, 0.15) is 25.8 Å². The number of hydrogen-bond donors (Lipinski definition) is 0. The number of hydrogen-bond acceptors (Lipinski definition) is 2. The van der Waals surface area contributed by atoms with Gasteiger partial charge in [0.05, 0.1) is 10.3 Å². The number of pyridine rings is 1. The lowest BCUT2D eigenvalue weighted by molar-refractivity contribution is 0.928. The highest BCUT2D eigenvalue weighted by Gasteiger charge is 2.13. The Balaban J connectivity index is 1.85. The molecule has 20 heavy (non-hydrogen) atoms. The molecule has 0 bridgehead atoms. The van der Waals surface area contributed by atoms with Crippen molar-refractivity contribution >= 4 is 38.2 Å². The summed E-state index contributed by atoms with van der Waals surface area (Å²) in [6.07, 6.45) is 0.921. The first-order valence-corrected chi connectivity index (χ1v) is 8.42. The van der Waals surface area contributed by atoms with E-state index in [9.17, 15) is 0 Å². The van der Waals surface area contributed by atoms with Crippen LogP contribution in [0, 0.1) is 13.8 Å². The summed E-state index contributed by atoms with van der Waals surface area (Å²) in [5, 5.41) is 1.20. The van der Waals surface area contributed by atoms with E-state index in [1.165, 1.54) is 20.7 Å². The van der Waals surface area contributed by atoms with E-state index in [4.69, 9.17) is 4.98 Å². The van der Waals surface area contributed by atoms with Crippen LogP contribution in [-0.4, -0.2) is 4.98 Å². The van der Waals surface area contributed by atoms with Crippen molar-refractivity contribution in [3.8, 4) is 0 Å². The van der Waals surface area contributed by atoms with Gasteiger partial charge in [-0.25, -0.2) is 0 Å². The van der Waals surface area contributed by atoms with Crippen molar-refractivity contribution in [2.45, 2.75) is 25.1 Å². The molecular formula is C17H16BrNS. The highest BCUT2D eigenvalue weighted by molar-refractivity contribution is 9.09. The summed E-state index contributed by atoms with van der Waals surface area (Å²) in [6.45, 7) is 4.35. The van der Waals surface area contributed by atoms with Crippen molar-refractivity contribution in [1.29, 1.82) is 0 Å². The van der Waals surface area contributed by atoms with Gasteiger partial charge >= 0.3 is 0 Å². The highest BCUT2D eigenvalue weighted by atomic mass is 79.9. The molecule has 0 aliphatic heterocycles. The molecule has 1 unspecified atom stereocenters. The van der Waals surface area contributed by atoms with E-state index in [1.54, 1.807) is 0 Å². The second-order valence-corrected chi connectivity index (χ2v) is 7.45. The molecule has 0 fully saturated rings. The Bertz CT molecular complexity index is 728. The van der Waals surface area contributed by atoms with Crippen LogP contribution < -0.4 is 0 Å². The Kier molecular flexibility index (Phi) is 3.90. The van der Waals surface area contributed by atoms with Crippen LogP contribution in [0.3, 0.4) is 0 Å². The van der Waals surface area contributed by atoms with E-state index >= 15 is 0 Å². The fraction of sp³-hybridized carbons (Fsp3) is 0.235. The first-order chi connectivity index (χ1) is 9.63. The number of fused-ring (bicyclic) bond motifs is 1. The summed E-state index contributed by atoms with van der Waals surface area (Å²) < 4.78 is 0. The zero-order valence-corrected chi connectivity index (χ0v) is 14.0. The van der Waals surface area contributed by atoms with Crippen LogP contribution >= 0.6 is 27.3 Å². The van der Waals surface area contributed by atoms with E-state index in [2.05, 4.69) is 60.1 Å². The van der Waals surface area contributed by atoms with Gasteiger partial charge < -0.3 is 0 Å². The van der Waals surface area contributed by atoms with Gasteiger partial charge in [-0.05, 0) is 37.6 Å². The predicted octanol–water partition coefficient (Wildman–Crippen LogP) is 5.59. The summed E-state index contributed by atoms with van der Waals surface area (Å²) in [5.41, 5.74) is 3.58. The molecule has 0 aliphatic carbocycles. The number of nitrogens with zero attached hydrogens (tertiary/aromatic N) is 1. The van der Waals surface area contributed by atoms with Crippen molar-refractivity contribution in [3.63, 3.8) is 0 Å². The first-order valence-electron chi connectivity index (χ1n) is 6.69. The van der Waals surface area contributed by atoms with Crippen LogP contribution in [0.4, 0.5) is 0 Å². The van der Waals surface area contributed by atoms with Gasteiger partial charge in [0.1, 0.15) is 0 Å². The van der Waals surface area contributed by atoms with Gasteiger partial charge in [0.15, 0.2) is 0 Å². The van der Waals surface area contributed by atoms with E-state index in [-0.39, 0.29) is 0 Å². The second kappa shape index (κ2) is 5.66. The van der Waals surface area contributed by atoms with Gasteiger partial charge in [-0.2, -0.15) is 0 Å². The average molecular weight is 346 g/mol. The highest BCUT2D eigenvalue weighted by Crippen LogP contribution is 2.34. The zero-order chi connectivity index (χ0) is 14.1. The zero-order valence-electron chi connectivity index (χ0n) is 11.6. The molecule has 0 spiro atoms. The van der Waals surface area contributed by atoms with Crippen molar-refractivity contribution in [2.24, 2.45) is 0 Å². The SMILES string of the molecule is Cc1cc(C(Br)Cc2ccc3ccccc3n2)sc1C. The Morgan fingerprint density at radius 2 is 1.95 bits per heavy atom. The standard InChI is InChI=1S/C17H16BrNS/c1-11-9-17(20-12(11)2)15(18)10-14-8-7-13-5-3-4-6-16(13)19-14/h3-9,15H,10H2,1-2H3. The molecule has 0 amide bonds. The molecule has 3 aromatic rings. The van der Waals surface area contributed by atoms with Gasteiger partial charge in [0.2, 0.25) is 0 Å². The van der Waals surface area contributed by atoms with Crippen molar-refractivity contribution in [3.05, 3.63) is 63.5 Å². The molecule has 0 saturated heterocycles. The van der Waals surface area contributed by atoms with Crippen molar-refractivity contribution in [2.75, 3.05) is 0 Å². The van der Waals surface area contributed by atoms with E-state index in [0.717, 1.165) is 17.6 Å². The Morgan fingerprint density at radius 3 is 2.70 bits per heavy atom. The number of rotatable bonds is 3. The third-order valence-corrected chi connectivity index (χ3v) is 5.92. The molecule has 0 saturated carbocycles. The largest absolute Gasteiger partial charge is 0.253 e. The van der Waals surface area contributed by atoms with E-state index < -0.39 is 0 Å². The molecule has 2 heterocycles. The van der Waals surface area contributed by atoms with Gasteiger partial charge in [0, 0.05) is 27.3 Å². The minimum absolute atomic E-state index is 0.341. The lowest BCUT2D eigenvalue weighted by Crippen LogP contribution is -1.96. The average Bonchev–Trinajstić information content (AvgIpc) is 2.79. The quantitative estimate of drug-likeness (QED) is 0.563. The third kappa shape index (κ3) is 2.79. The second-order valence-electron chi connectivity index (χ2n) is 5.05. The molecule has 1 nitrogen and oxygen atoms in total. The molecule has 1 aromatic carbocycles. The van der Waals surface area contributed by atoms with Crippen LogP contribution in [-0.2, 0) is 6.42 Å². The van der Waals surface area contributed by atoms with Crippen molar-refractivity contribution in [1.82, 2.24) is 4.98 Å². The summed E-state index contributed by atoms with van der Waals surface area (Å²) >= 11 is 5.68. The van der Waals surface area contributed by atoms with E-state index in [1.807, 2.05) is 23.5 Å². The Morgan fingerprint density at radius 1 is 1.15 bits per heavy atom. The third-order valence-electron chi connectivity index (χ3n) is 3.54. The predicted molar refractivity (Wildman–Crippen MR) is 90.9 cm³/mol. The summed E-state index contributed by atoms with van der Waals surface area (Å²) in [6, 6.07) is 14.8. The van der Waals surface area contributed by atoms with Crippen molar-refractivity contribution < 1.29 is 0 Å². The molecule has 0 radical (unpaired) electrons. The van der Waals surface area contributed by atoms with Gasteiger partial charge in [-0.3, -0.25) is 4.98 Å². The molecule has 102 valence electrons.